The van der Waals surface area contributed by atoms with E-state index in [9.17, 15) is 13.2 Å². The molecule has 0 fully saturated rings. The van der Waals surface area contributed by atoms with Crippen molar-refractivity contribution < 1.29 is 22.3 Å². The van der Waals surface area contributed by atoms with Gasteiger partial charge in [0.05, 0.1) is 23.7 Å². The lowest BCUT2D eigenvalue weighted by Crippen LogP contribution is -2.36. The smallest absolute Gasteiger partial charge is 0.411 e. The second kappa shape index (κ2) is 10.3. The second-order valence-corrected chi connectivity index (χ2v) is 7.27. The summed E-state index contributed by atoms with van der Waals surface area (Å²) in [6, 6.07) is 11.0. The van der Waals surface area contributed by atoms with E-state index in [1.165, 1.54) is 0 Å². The summed E-state index contributed by atoms with van der Waals surface area (Å²) in [5, 5.41) is 8.30. The van der Waals surface area contributed by atoms with Crippen LogP contribution in [0.2, 0.25) is 0 Å². The lowest BCUT2D eigenvalue weighted by Gasteiger charge is -2.11. The number of nitrogens with zero attached hydrogens (tertiary/aromatic N) is 2. The zero-order valence-electron chi connectivity index (χ0n) is 16.2. The van der Waals surface area contributed by atoms with Crippen LogP contribution in [0.1, 0.15) is 16.8 Å². The summed E-state index contributed by atoms with van der Waals surface area (Å²) in [4.78, 5) is 9.58. The summed E-state index contributed by atoms with van der Waals surface area (Å²) >= 11 is 1.56. The van der Waals surface area contributed by atoms with Crippen LogP contribution in [0.3, 0.4) is 0 Å². The van der Waals surface area contributed by atoms with E-state index in [0.29, 0.717) is 30.5 Å². The highest BCUT2D eigenvalue weighted by Gasteiger charge is 2.27. The van der Waals surface area contributed by atoms with Crippen LogP contribution in [-0.4, -0.2) is 30.8 Å². The molecule has 6 nitrogen and oxygen atoms in total. The lowest BCUT2D eigenvalue weighted by atomic mass is 10.1. The Morgan fingerprint density at radius 2 is 1.87 bits per heavy atom. The summed E-state index contributed by atoms with van der Waals surface area (Å²) in [7, 11) is 1.66. The van der Waals surface area contributed by atoms with Crippen LogP contribution in [0.4, 0.5) is 13.2 Å². The number of aromatic nitrogens is 1. The number of rotatable bonds is 8. The number of aliphatic imine (C=N–C) groups is 1. The van der Waals surface area contributed by atoms with Gasteiger partial charge < -0.3 is 19.8 Å². The summed E-state index contributed by atoms with van der Waals surface area (Å²) in [6.07, 6.45) is -2.71. The van der Waals surface area contributed by atoms with Gasteiger partial charge in [-0.2, -0.15) is 13.2 Å². The highest BCUT2D eigenvalue weighted by molar-refractivity contribution is 7.13. The zero-order chi connectivity index (χ0) is 21.4. The molecule has 0 spiro atoms. The first-order valence-corrected chi connectivity index (χ1v) is 9.96. The number of hydrogen-bond donors (Lipinski definition) is 2. The van der Waals surface area contributed by atoms with Gasteiger partial charge in [-0.05, 0) is 22.6 Å². The van der Waals surface area contributed by atoms with Crippen molar-refractivity contribution in [3.63, 3.8) is 0 Å². The number of alkyl halides is 3. The van der Waals surface area contributed by atoms with Crippen molar-refractivity contribution in [3.05, 3.63) is 64.9 Å². The first kappa shape index (κ1) is 21.8. The van der Waals surface area contributed by atoms with Crippen LogP contribution in [0.5, 0.6) is 0 Å². The van der Waals surface area contributed by atoms with Crippen molar-refractivity contribution in [2.24, 2.45) is 4.99 Å². The fourth-order valence-corrected chi connectivity index (χ4v) is 3.18. The molecule has 1 aromatic carbocycles. The SMILES string of the molecule is CN=C(NCc1ccc(COCC(F)(F)F)cc1)NCc1coc(-c2cccs2)n1. The lowest BCUT2D eigenvalue weighted by molar-refractivity contribution is -0.176. The van der Waals surface area contributed by atoms with Crippen molar-refractivity contribution in [3.8, 4) is 10.8 Å². The highest BCUT2D eigenvalue weighted by atomic mass is 32.1. The Balaban J connectivity index is 1.43. The van der Waals surface area contributed by atoms with Crippen LogP contribution in [0.15, 0.2) is 57.5 Å². The number of guanidine groups is 1. The Morgan fingerprint density at radius 1 is 1.13 bits per heavy atom. The standard InChI is InChI=1S/C20H21F3N4O2S/c1-24-19(26-10-16-12-29-18(27-16)17-3-2-8-30-17)25-9-14-4-6-15(7-5-14)11-28-13-20(21,22)23/h2-8,12H,9-11,13H2,1H3,(H2,24,25,26). The Morgan fingerprint density at radius 3 is 2.53 bits per heavy atom. The first-order valence-electron chi connectivity index (χ1n) is 9.08. The molecule has 0 bridgehead atoms. The number of nitrogens with one attached hydrogen (secondary N) is 2. The van der Waals surface area contributed by atoms with E-state index in [1.54, 1.807) is 36.8 Å². The largest absolute Gasteiger partial charge is 0.443 e. The fraction of sp³-hybridized carbons (Fsp3) is 0.300. The van der Waals surface area contributed by atoms with Crippen LogP contribution in [-0.2, 0) is 24.4 Å². The van der Waals surface area contributed by atoms with E-state index in [-0.39, 0.29) is 6.61 Å². The Kier molecular flexibility index (Phi) is 7.47. The van der Waals surface area contributed by atoms with Gasteiger partial charge in [0, 0.05) is 13.6 Å². The molecule has 0 saturated heterocycles. The molecule has 2 aromatic heterocycles. The van der Waals surface area contributed by atoms with Gasteiger partial charge in [-0.1, -0.05) is 30.3 Å². The summed E-state index contributed by atoms with van der Waals surface area (Å²) in [5.41, 5.74) is 2.39. The van der Waals surface area contributed by atoms with Gasteiger partial charge in [0.15, 0.2) is 5.96 Å². The Labute approximate surface area is 175 Å². The quantitative estimate of drug-likeness (QED) is 0.404. The van der Waals surface area contributed by atoms with Crippen LogP contribution >= 0.6 is 11.3 Å². The monoisotopic (exact) mass is 438 g/mol. The molecule has 0 radical (unpaired) electrons. The first-order chi connectivity index (χ1) is 14.4. The predicted octanol–water partition coefficient (Wildman–Crippen LogP) is 4.35. The van der Waals surface area contributed by atoms with Crippen LogP contribution in [0.25, 0.3) is 10.8 Å². The van der Waals surface area contributed by atoms with E-state index in [1.807, 2.05) is 29.6 Å². The molecule has 0 aliphatic rings. The van der Waals surface area contributed by atoms with Crippen molar-refractivity contribution >= 4 is 17.3 Å². The van der Waals surface area contributed by atoms with Gasteiger partial charge in [0.25, 0.3) is 0 Å². The number of halogens is 3. The topological polar surface area (TPSA) is 71.7 Å². The zero-order valence-corrected chi connectivity index (χ0v) is 17.0. The van der Waals surface area contributed by atoms with Gasteiger partial charge in [-0.15, -0.1) is 11.3 Å². The van der Waals surface area contributed by atoms with E-state index >= 15 is 0 Å². The molecule has 30 heavy (non-hydrogen) atoms. The number of ether oxygens (including phenoxy) is 1. The van der Waals surface area contributed by atoms with Crippen molar-refractivity contribution in [2.45, 2.75) is 25.9 Å². The summed E-state index contributed by atoms with van der Waals surface area (Å²) < 4.78 is 46.5. The molecular weight excluding hydrogens is 417 g/mol. The predicted molar refractivity (Wildman–Crippen MR) is 109 cm³/mol. The molecule has 2 heterocycles. The second-order valence-electron chi connectivity index (χ2n) is 6.33. The molecule has 3 rings (SSSR count). The van der Waals surface area contributed by atoms with Gasteiger partial charge in [-0.3, -0.25) is 4.99 Å². The average Bonchev–Trinajstić information content (AvgIpc) is 3.40. The minimum atomic E-state index is -4.32. The van der Waals surface area contributed by atoms with Crippen molar-refractivity contribution in [2.75, 3.05) is 13.7 Å². The number of thiophene rings is 1. The maximum atomic E-state index is 12.1. The molecule has 0 unspecified atom stereocenters. The third kappa shape index (κ3) is 6.89. The van der Waals surface area contributed by atoms with Crippen molar-refractivity contribution in [1.29, 1.82) is 0 Å². The number of oxazole rings is 1. The molecular formula is C20H21F3N4O2S. The highest BCUT2D eigenvalue weighted by Crippen LogP contribution is 2.23. The molecule has 3 aromatic rings. The number of benzene rings is 1. The van der Waals surface area contributed by atoms with Crippen LogP contribution < -0.4 is 10.6 Å². The molecule has 0 atom stereocenters. The third-order valence-electron chi connectivity index (χ3n) is 3.96. The minimum absolute atomic E-state index is 0.0817. The third-order valence-corrected chi connectivity index (χ3v) is 4.82. The van der Waals surface area contributed by atoms with E-state index in [0.717, 1.165) is 16.1 Å². The Hall–Kier alpha value is -2.85. The normalized spacial score (nSPS) is 12.2. The Bertz CT molecular complexity index is 938. The molecule has 0 aliphatic carbocycles. The van der Waals surface area contributed by atoms with Crippen molar-refractivity contribution in [1.82, 2.24) is 15.6 Å². The van der Waals surface area contributed by atoms with Gasteiger partial charge in [0.2, 0.25) is 5.89 Å². The van der Waals surface area contributed by atoms with Gasteiger partial charge in [-0.25, -0.2) is 4.98 Å². The van der Waals surface area contributed by atoms with E-state index in [4.69, 9.17) is 4.42 Å². The number of hydrogen-bond acceptors (Lipinski definition) is 5. The minimum Gasteiger partial charge on any atom is -0.443 e. The van der Waals surface area contributed by atoms with Gasteiger partial charge >= 0.3 is 6.18 Å². The maximum absolute atomic E-state index is 12.1. The van der Waals surface area contributed by atoms with Gasteiger partial charge in [0.1, 0.15) is 12.9 Å². The van der Waals surface area contributed by atoms with E-state index < -0.39 is 12.8 Å². The molecule has 10 heteroatoms. The maximum Gasteiger partial charge on any atom is 0.411 e. The van der Waals surface area contributed by atoms with Crippen LogP contribution in [0, 0.1) is 0 Å². The molecule has 160 valence electrons. The summed E-state index contributed by atoms with van der Waals surface area (Å²) in [6.45, 7) is -0.382. The molecule has 0 amide bonds. The van der Waals surface area contributed by atoms with E-state index in [2.05, 4.69) is 25.3 Å². The molecule has 2 N–H and O–H groups in total. The molecule has 0 saturated carbocycles. The average molecular weight is 438 g/mol. The fourth-order valence-electron chi connectivity index (χ4n) is 2.52. The summed E-state index contributed by atoms with van der Waals surface area (Å²) in [5.74, 6) is 1.18. The molecule has 0 aliphatic heterocycles.